The van der Waals surface area contributed by atoms with Gasteiger partial charge in [0.1, 0.15) is 11.3 Å². The Bertz CT molecular complexity index is 769. The normalized spacial score (nSPS) is 23.2. The van der Waals surface area contributed by atoms with Gasteiger partial charge in [-0.15, -0.1) is 0 Å². The van der Waals surface area contributed by atoms with E-state index in [-0.39, 0.29) is 49.0 Å². The molecule has 3 heterocycles. The smallest absolute Gasteiger partial charge is 0.269 e. The Labute approximate surface area is 181 Å². The number of rotatable bonds is 7. The number of aliphatic hydroxyl groups is 1. The second-order valence-corrected chi connectivity index (χ2v) is 8.27. The van der Waals surface area contributed by atoms with Gasteiger partial charge in [-0.25, -0.2) is 0 Å². The lowest BCUT2D eigenvalue weighted by Crippen LogP contribution is -2.54. The first-order chi connectivity index (χ1) is 14.9. The van der Waals surface area contributed by atoms with Gasteiger partial charge in [0.15, 0.2) is 0 Å². The van der Waals surface area contributed by atoms with Crippen LogP contribution in [0.15, 0.2) is 24.4 Å². The highest BCUT2D eigenvalue weighted by atomic mass is 16.5. The first-order valence-electron chi connectivity index (χ1n) is 10.7. The van der Waals surface area contributed by atoms with Crippen LogP contribution in [-0.4, -0.2) is 95.7 Å². The lowest BCUT2D eigenvalue weighted by Gasteiger charge is -2.36. The zero-order valence-corrected chi connectivity index (χ0v) is 17.7. The van der Waals surface area contributed by atoms with Crippen LogP contribution in [0.3, 0.4) is 0 Å². The molecule has 31 heavy (non-hydrogen) atoms. The fraction of sp³-hybridized carbons (Fsp3) is 0.619. The molecule has 3 rings (SSSR count). The third kappa shape index (κ3) is 6.71. The van der Waals surface area contributed by atoms with Crippen molar-refractivity contribution in [2.75, 3.05) is 52.5 Å². The second-order valence-electron chi connectivity index (χ2n) is 8.27. The van der Waals surface area contributed by atoms with Gasteiger partial charge in [0.2, 0.25) is 11.8 Å². The van der Waals surface area contributed by atoms with Gasteiger partial charge in [0.25, 0.3) is 5.91 Å². The van der Waals surface area contributed by atoms with Crippen LogP contribution in [0.25, 0.3) is 0 Å². The molecule has 0 aliphatic carbocycles. The number of nitrogens with two attached hydrogens (primary N) is 1. The minimum Gasteiger partial charge on any atom is -0.384 e. The number of ether oxygens (including phenoxy) is 1. The summed E-state index contributed by atoms with van der Waals surface area (Å²) in [4.78, 5) is 44.1. The van der Waals surface area contributed by atoms with Crippen LogP contribution in [0.5, 0.6) is 0 Å². The summed E-state index contributed by atoms with van der Waals surface area (Å²) in [5.74, 6) is -0.846. The van der Waals surface area contributed by atoms with E-state index in [2.05, 4.69) is 15.2 Å². The molecule has 1 aromatic heterocycles. The number of pyridine rings is 1. The molecule has 1 atom stereocenters. The summed E-state index contributed by atoms with van der Waals surface area (Å²) in [5, 5.41) is 13.7. The van der Waals surface area contributed by atoms with Crippen molar-refractivity contribution in [2.24, 2.45) is 11.7 Å². The maximum absolute atomic E-state index is 13.1. The van der Waals surface area contributed by atoms with Crippen molar-refractivity contribution < 1.29 is 24.2 Å². The number of aromatic nitrogens is 1. The number of amides is 3. The molecule has 2 aliphatic rings. The molecule has 0 spiro atoms. The second kappa shape index (κ2) is 10.7. The third-order valence-corrected chi connectivity index (χ3v) is 5.76. The first-order valence-corrected chi connectivity index (χ1v) is 10.7. The van der Waals surface area contributed by atoms with E-state index in [1.54, 1.807) is 23.1 Å². The average Bonchev–Trinajstić information content (AvgIpc) is 2.98. The number of carbonyl (C=O) groups is 3. The van der Waals surface area contributed by atoms with Crippen molar-refractivity contribution in [1.82, 2.24) is 20.1 Å². The van der Waals surface area contributed by atoms with Crippen molar-refractivity contribution in [2.45, 2.75) is 24.9 Å². The highest BCUT2D eigenvalue weighted by Crippen LogP contribution is 2.22. The number of primary amides is 1. The number of nitrogens with zero attached hydrogens (tertiary/aromatic N) is 3. The molecular formula is C21H31N5O5. The highest BCUT2D eigenvalue weighted by Gasteiger charge is 2.37. The molecule has 2 aliphatic heterocycles. The summed E-state index contributed by atoms with van der Waals surface area (Å²) in [5.41, 5.74) is 4.09. The minimum absolute atomic E-state index is 0.00507. The van der Waals surface area contributed by atoms with Crippen molar-refractivity contribution in [3.05, 3.63) is 30.1 Å². The van der Waals surface area contributed by atoms with Crippen molar-refractivity contribution in [1.29, 1.82) is 0 Å². The van der Waals surface area contributed by atoms with Gasteiger partial charge in [-0.3, -0.25) is 19.4 Å². The van der Waals surface area contributed by atoms with Crippen LogP contribution in [0, 0.1) is 5.92 Å². The van der Waals surface area contributed by atoms with Gasteiger partial charge >= 0.3 is 0 Å². The van der Waals surface area contributed by atoms with Crippen LogP contribution in [-0.2, 0) is 14.3 Å². The topological polar surface area (TPSA) is 138 Å². The molecule has 0 unspecified atom stereocenters. The van der Waals surface area contributed by atoms with E-state index in [1.165, 1.54) is 6.20 Å². The number of hydrogen-bond donors (Lipinski definition) is 3. The highest BCUT2D eigenvalue weighted by molar-refractivity contribution is 5.92. The zero-order chi connectivity index (χ0) is 22.3. The van der Waals surface area contributed by atoms with Crippen molar-refractivity contribution in [3.8, 4) is 0 Å². The molecule has 0 radical (unpaired) electrons. The van der Waals surface area contributed by atoms with Crippen LogP contribution >= 0.6 is 0 Å². The van der Waals surface area contributed by atoms with Gasteiger partial charge in [-0.2, -0.15) is 0 Å². The molecular weight excluding hydrogens is 402 g/mol. The standard InChI is InChI=1S/C21H31N5O5/c22-18(27)6-10-25-8-4-16(5-9-25)20(29)26-11-12-31-15-21(30,14-26)13-24-19(28)17-3-1-2-7-23-17/h1-3,7,16,30H,4-6,8-15H2,(H2,22,27)(H,24,28)/t21-/m1/s1. The molecule has 2 fully saturated rings. The molecule has 10 heteroatoms. The maximum atomic E-state index is 13.1. The number of β-amino-alcohol motifs (C(OH)–C–C–N with tert-alkyl or cyclic N) is 1. The fourth-order valence-corrected chi connectivity index (χ4v) is 3.97. The first kappa shape index (κ1) is 23.1. The van der Waals surface area contributed by atoms with E-state index in [4.69, 9.17) is 10.5 Å². The maximum Gasteiger partial charge on any atom is 0.269 e. The summed E-state index contributed by atoms with van der Waals surface area (Å²) in [6.07, 6.45) is 3.24. The number of hydrogen-bond acceptors (Lipinski definition) is 7. The molecule has 3 amide bonds. The molecule has 0 aromatic carbocycles. The summed E-state index contributed by atoms with van der Waals surface area (Å²) in [7, 11) is 0. The van der Waals surface area contributed by atoms with Crippen LogP contribution in [0.4, 0.5) is 0 Å². The van der Waals surface area contributed by atoms with Crippen molar-refractivity contribution >= 4 is 17.7 Å². The number of carbonyl (C=O) groups excluding carboxylic acids is 3. The van der Waals surface area contributed by atoms with Crippen LogP contribution < -0.4 is 11.1 Å². The molecule has 10 nitrogen and oxygen atoms in total. The van der Waals surface area contributed by atoms with E-state index in [1.807, 2.05) is 0 Å². The van der Waals surface area contributed by atoms with E-state index >= 15 is 0 Å². The SMILES string of the molecule is NC(=O)CCN1CCC(C(=O)N2CCOC[C@@](O)(CNC(=O)c3ccccn3)C2)CC1. The van der Waals surface area contributed by atoms with E-state index in [0.717, 1.165) is 13.1 Å². The number of nitrogens with one attached hydrogen (secondary N) is 1. The summed E-state index contributed by atoms with van der Waals surface area (Å²) in [6, 6.07) is 5.02. The van der Waals surface area contributed by atoms with E-state index in [0.29, 0.717) is 39.0 Å². The Morgan fingerprint density at radius 3 is 2.71 bits per heavy atom. The predicted octanol–water partition coefficient (Wildman–Crippen LogP) is -1.01. The summed E-state index contributed by atoms with van der Waals surface area (Å²) >= 11 is 0. The zero-order valence-electron chi connectivity index (χ0n) is 17.7. The van der Waals surface area contributed by atoms with Crippen molar-refractivity contribution in [3.63, 3.8) is 0 Å². The Kier molecular flexibility index (Phi) is 7.94. The van der Waals surface area contributed by atoms with Gasteiger partial charge in [0.05, 0.1) is 26.3 Å². The Morgan fingerprint density at radius 1 is 1.26 bits per heavy atom. The quantitative estimate of drug-likeness (QED) is 0.501. The molecule has 2 saturated heterocycles. The molecule has 1 aromatic rings. The van der Waals surface area contributed by atoms with Gasteiger partial charge in [0, 0.05) is 31.6 Å². The summed E-state index contributed by atoms with van der Waals surface area (Å²) in [6.45, 7) is 2.90. The van der Waals surface area contributed by atoms with Gasteiger partial charge in [-0.05, 0) is 38.1 Å². The Balaban J connectivity index is 1.52. The monoisotopic (exact) mass is 433 g/mol. The number of likely N-dealkylation sites (tertiary alicyclic amines) is 1. The lowest BCUT2D eigenvalue weighted by molar-refractivity contribution is -0.139. The Hall–Kier alpha value is -2.56. The lowest BCUT2D eigenvalue weighted by atomic mass is 9.94. The molecule has 170 valence electrons. The number of piperidine rings is 1. The fourth-order valence-electron chi connectivity index (χ4n) is 3.97. The van der Waals surface area contributed by atoms with Gasteiger partial charge < -0.3 is 30.7 Å². The average molecular weight is 434 g/mol. The largest absolute Gasteiger partial charge is 0.384 e. The Morgan fingerprint density at radius 2 is 2.03 bits per heavy atom. The third-order valence-electron chi connectivity index (χ3n) is 5.76. The molecule has 4 N–H and O–H groups in total. The van der Waals surface area contributed by atoms with Crippen LogP contribution in [0.1, 0.15) is 29.8 Å². The van der Waals surface area contributed by atoms with E-state index < -0.39 is 5.60 Å². The van der Waals surface area contributed by atoms with E-state index in [9.17, 15) is 19.5 Å². The minimum atomic E-state index is -1.38. The molecule has 0 bridgehead atoms. The predicted molar refractivity (Wildman–Crippen MR) is 112 cm³/mol. The van der Waals surface area contributed by atoms with Gasteiger partial charge in [-0.1, -0.05) is 6.07 Å². The van der Waals surface area contributed by atoms with Crippen LogP contribution in [0.2, 0.25) is 0 Å². The molecule has 0 saturated carbocycles. The summed E-state index contributed by atoms with van der Waals surface area (Å²) < 4.78 is 5.52.